The zero-order chi connectivity index (χ0) is 14.0. The number of nitrogens with one attached hydrogen (secondary N) is 1. The van der Waals surface area contributed by atoms with Crippen LogP contribution in [0.2, 0.25) is 0 Å². The molecule has 0 spiro atoms. The maximum Gasteiger partial charge on any atom is 0.139 e. The fourth-order valence-corrected chi connectivity index (χ4v) is 1.62. The van der Waals surface area contributed by atoms with E-state index in [2.05, 4.69) is 15.3 Å². The molecule has 19 heavy (non-hydrogen) atoms. The van der Waals surface area contributed by atoms with E-state index in [1.54, 1.807) is 6.92 Å². The van der Waals surface area contributed by atoms with Gasteiger partial charge in [0, 0.05) is 23.7 Å². The van der Waals surface area contributed by atoms with Crippen molar-refractivity contribution in [2.75, 3.05) is 11.1 Å². The lowest BCUT2D eigenvalue weighted by Crippen LogP contribution is -2.06. The average molecular weight is 264 g/mol. The standard InChI is InChI=1S/C13H14F2N4/c1-3-11-18-12(16)7(2)13(19-11)17-10-5-8(14)4-9(15)6-10/h4-6H,3H2,1-2H3,(H3,16,17,18,19). The van der Waals surface area contributed by atoms with Crippen LogP contribution in [0.1, 0.15) is 18.3 Å². The predicted octanol–water partition coefficient (Wildman–Crippen LogP) is 2.95. The molecule has 0 radical (unpaired) electrons. The monoisotopic (exact) mass is 264 g/mol. The van der Waals surface area contributed by atoms with Crippen molar-refractivity contribution in [2.24, 2.45) is 0 Å². The van der Waals surface area contributed by atoms with E-state index in [0.717, 1.165) is 6.07 Å². The highest BCUT2D eigenvalue weighted by Crippen LogP contribution is 2.23. The fraction of sp³-hybridized carbons (Fsp3) is 0.231. The van der Waals surface area contributed by atoms with Crippen molar-refractivity contribution in [3.63, 3.8) is 0 Å². The Morgan fingerprint density at radius 1 is 1.16 bits per heavy atom. The summed E-state index contributed by atoms with van der Waals surface area (Å²) in [5.74, 6) is 0.0684. The summed E-state index contributed by atoms with van der Waals surface area (Å²) in [5.41, 5.74) is 6.69. The molecule has 1 aromatic heterocycles. The molecule has 2 rings (SSSR count). The van der Waals surface area contributed by atoms with Crippen LogP contribution in [0.5, 0.6) is 0 Å². The molecule has 0 aliphatic carbocycles. The molecule has 100 valence electrons. The van der Waals surface area contributed by atoms with E-state index in [4.69, 9.17) is 5.73 Å². The molecule has 0 unspecified atom stereocenters. The number of hydrogen-bond acceptors (Lipinski definition) is 4. The summed E-state index contributed by atoms with van der Waals surface area (Å²) >= 11 is 0. The highest BCUT2D eigenvalue weighted by molar-refractivity contribution is 5.63. The Labute approximate surface area is 109 Å². The Balaban J connectivity index is 2.39. The number of halogens is 2. The van der Waals surface area contributed by atoms with Crippen molar-refractivity contribution in [1.29, 1.82) is 0 Å². The summed E-state index contributed by atoms with van der Waals surface area (Å²) in [7, 11) is 0. The Morgan fingerprint density at radius 3 is 2.37 bits per heavy atom. The molecule has 1 aromatic carbocycles. The van der Waals surface area contributed by atoms with E-state index in [1.807, 2.05) is 6.92 Å². The summed E-state index contributed by atoms with van der Waals surface area (Å²) in [6, 6.07) is 3.18. The van der Waals surface area contributed by atoms with Gasteiger partial charge < -0.3 is 11.1 Å². The second-order valence-electron chi connectivity index (χ2n) is 4.14. The van der Waals surface area contributed by atoms with Gasteiger partial charge in [-0.3, -0.25) is 0 Å². The van der Waals surface area contributed by atoms with Gasteiger partial charge in [-0.2, -0.15) is 0 Å². The van der Waals surface area contributed by atoms with Crippen LogP contribution in [0.25, 0.3) is 0 Å². The number of nitrogens with two attached hydrogens (primary N) is 1. The number of hydrogen-bond donors (Lipinski definition) is 2. The van der Waals surface area contributed by atoms with Crippen LogP contribution in [0.4, 0.5) is 26.1 Å². The lowest BCUT2D eigenvalue weighted by Gasteiger charge is -2.11. The largest absolute Gasteiger partial charge is 0.383 e. The first-order valence-electron chi connectivity index (χ1n) is 5.85. The highest BCUT2D eigenvalue weighted by atomic mass is 19.1. The van der Waals surface area contributed by atoms with E-state index in [1.165, 1.54) is 12.1 Å². The maximum absolute atomic E-state index is 13.1. The van der Waals surface area contributed by atoms with Gasteiger partial charge in [0.15, 0.2) is 0 Å². The van der Waals surface area contributed by atoms with Crippen molar-refractivity contribution in [1.82, 2.24) is 9.97 Å². The number of nitrogens with zero attached hydrogens (tertiary/aromatic N) is 2. The Hall–Kier alpha value is -2.24. The van der Waals surface area contributed by atoms with Crippen LogP contribution in [-0.4, -0.2) is 9.97 Å². The molecule has 0 fully saturated rings. The second-order valence-corrected chi connectivity index (χ2v) is 4.14. The van der Waals surface area contributed by atoms with E-state index >= 15 is 0 Å². The Bertz CT molecular complexity index is 594. The van der Waals surface area contributed by atoms with Gasteiger partial charge in [-0.1, -0.05) is 6.92 Å². The highest BCUT2D eigenvalue weighted by Gasteiger charge is 2.09. The van der Waals surface area contributed by atoms with Crippen molar-refractivity contribution in [3.8, 4) is 0 Å². The van der Waals surface area contributed by atoms with Gasteiger partial charge in [0.2, 0.25) is 0 Å². The summed E-state index contributed by atoms with van der Waals surface area (Å²) < 4.78 is 26.2. The fourth-order valence-electron chi connectivity index (χ4n) is 1.62. The van der Waals surface area contributed by atoms with E-state index in [0.29, 0.717) is 29.4 Å². The zero-order valence-corrected chi connectivity index (χ0v) is 10.7. The van der Waals surface area contributed by atoms with E-state index < -0.39 is 11.6 Å². The van der Waals surface area contributed by atoms with Gasteiger partial charge in [-0.15, -0.1) is 0 Å². The minimum atomic E-state index is -0.655. The SMILES string of the molecule is CCc1nc(N)c(C)c(Nc2cc(F)cc(F)c2)n1. The summed E-state index contributed by atoms with van der Waals surface area (Å²) in [6.07, 6.45) is 0.622. The molecule has 0 bridgehead atoms. The quantitative estimate of drug-likeness (QED) is 0.894. The predicted molar refractivity (Wildman–Crippen MR) is 70.2 cm³/mol. The third-order valence-corrected chi connectivity index (χ3v) is 2.67. The number of aryl methyl sites for hydroxylation is 1. The summed E-state index contributed by atoms with van der Waals surface area (Å²) in [5, 5.41) is 2.86. The molecule has 1 heterocycles. The molecule has 2 aromatic rings. The van der Waals surface area contributed by atoms with Crippen LogP contribution in [0.15, 0.2) is 18.2 Å². The molecule has 0 amide bonds. The molecule has 0 atom stereocenters. The van der Waals surface area contributed by atoms with Crippen LogP contribution in [0.3, 0.4) is 0 Å². The molecule has 3 N–H and O–H groups in total. The van der Waals surface area contributed by atoms with Crippen molar-refractivity contribution < 1.29 is 8.78 Å². The second kappa shape index (κ2) is 5.17. The number of nitrogen functional groups attached to an aromatic ring is 1. The minimum absolute atomic E-state index is 0.278. The molecule has 0 saturated carbocycles. The number of benzene rings is 1. The lowest BCUT2D eigenvalue weighted by molar-refractivity contribution is 0.584. The maximum atomic E-state index is 13.1. The number of anilines is 3. The van der Waals surface area contributed by atoms with E-state index in [9.17, 15) is 8.78 Å². The van der Waals surface area contributed by atoms with Crippen LogP contribution in [-0.2, 0) is 6.42 Å². The molecule has 0 aliphatic heterocycles. The topological polar surface area (TPSA) is 63.8 Å². The normalized spacial score (nSPS) is 10.5. The molecular weight excluding hydrogens is 250 g/mol. The molecule has 6 heteroatoms. The van der Waals surface area contributed by atoms with Crippen molar-refractivity contribution in [2.45, 2.75) is 20.3 Å². The molecule has 4 nitrogen and oxygen atoms in total. The van der Waals surface area contributed by atoms with Crippen molar-refractivity contribution in [3.05, 3.63) is 41.2 Å². The summed E-state index contributed by atoms with van der Waals surface area (Å²) in [4.78, 5) is 8.37. The van der Waals surface area contributed by atoms with Gasteiger partial charge >= 0.3 is 0 Å². The zero-order valence-electron chi connectivity index (χ0n) is 10.7. The first-order chi connectivity index (χ1) is 8.99. The smallest absolute Gasteiger partial charge is 0.139 e. The van der Waals surface area contributed by atoms with Crippen molar-refractivity contribution >= 4 is 17.3 Å². The third kappa shape index (κ3) is 2.96. The van der Waals surface area contributed by atoms with Crippen LogP contribution in [0, 0.1) is 18.6 Å². The average Bonchev–Trinajstić information content (AvgIpc) is 2.33. The first kappa shape index (κ1) is 13.2. The van der Waals surface area contributed by atoms with E-state index in [-0.39, 0.29) is 5.69 Å². The number of aromatic nitrogens is 2. The Kier molecular flexibility index (Phi) is 3.59. The molecular formula is C13H14F2N4. The van der Waals surface area contributed by atoms with Gasteiger partial charge in [0.1, 0.15) is 29.1 Å². The Morgan fingerprint density at radius 2 is 1.79 bits per heavy atom. The third-order valence-electron chi connectivity index (χ3n) is 2.67. The molecule has 0 saturated heterocycles. The van der Waals surface area contributed by atoms with Crippen LogP contribution >= 0.6 is 0 Å². The van der Waals surface area contributed by atoms with Gasteiger partial charge in [0.25, 0.3) is 0 Å². The first-order valence-corrected chi connectivity index (χ1v) is 5.85. The lowest BCUT2D eigenvalue weighted by atomic mass is 10.2. The van der Waals surface area contributed by atoms with Gasteiger partial charge in [-0.05, 0) is 19.1 Å². The van der Waals surface area contributed by atoms with Gasteiger partial charge in [-0.25, -0.2) is 18.7 Å². The van der Waals surface area contributed by atoms with Crippen LogP contribution < -0.4 is 11.1 Å². The molecule has 0 aliphatic rings. The van der Waals surface area contributed by atoms with Gasteiger partial charge in [0.05, 0.1) is 0 Å². The summed E-state index contributed by atoms with van der Waals surface area (Å²) in [6.45, 7) is 3.64. The number of rotatable bonds is 3. The minimum Gasteiger partial charge on any atom is -0.383 e.